The molecule has 3 rings (SSSR count). The van der Waals surface area contributed by atoms with Gasteiger partial charge in [-0.3, -0.25) is 4.79 Å². The van der Waals surface area contributed by atoms with Gasteiger partial charge in [-0.2, -0.15) is 0 Å². The van der Waals surface area contributed by atoms with Gasteiger partial charge in [0.15, 0.2) is 0 Å². The molecular weight excluding hydrogens is 260 g/mol. The van der Waals surface area contributed by atoms with Crippen LogP contribution in [0, 0.1) is 0 Å². The largest absolute Gasteiger partial charge is 0.368 e. The summed E-state index contributed by atoms with van der Waals surface area (Å²) in [5.41, 5.74) is 5.47. The van der Waals surface area contributed by atoms with Crippen molar-refractivity contribution in [1.29, 1.82) is 0 Å². The van der Waals surface area contributed by atoms with Crippen LogP contribution in [0.15, 0.2) is 29.9 Å². The van der Waals surface area contributed by atoms with E-state index in [-0.39, 0.29) is 11.9 Å². The maximum absolute atomic E-state index is 11.5. The Labute approximate surface area is 115 Å². The number of carbonyl (C=O) groups is 1. The molecule has 19 heavy (non-hydrogen) atoms. The van der Waals surface area contributed by atoms with Crippen LogP contribution >= 0.6 is 11.3 Å². The zero-order chi connectivity index (χ0) is 13.2. The average Bonchev–Trinajstić information content (AvgIpc) is 2.89. The lowest BCUT2D eigenvalue weighted by atomic mass is 10.2. The van der Waals surface area contributed by atoms with Gasteiger partial charge in [-0.15, -0.1) is 11.3 Å². The topological polar surface area (TPSA) is 72.9 Å². The third kappa shape index (κ3) is 2.85. The van der Waals surface area contributed by atoms with Crippen LogP contribution in [0.4, 0.5) is 0 Å². The van der Waals surface area contributed by atoms with E-state index in [0.717, 1.165) is 23.5 Å². The molecule has 6 heteroatoms. The van der Waals surface area contributed by atoms with Gasteiger partial charge < -0.3 is 15.6 Å². The minimum Gasteiger partial charge on any atom is -0.368 e. The number of thiophene rings is 1. The number of hydrogen-bond donors (Lipinski definition) is 2. The van der Waals surface area contributed by atoms with Crippen molar-refractivity contribution in [3.63, 3.8) is 0 Å². The molecule has 1 aliphatic carbocycles. The highest BCUT2D eigenvalue weighted by Crippen LogP contribution is 2.24. The van der Waals surface area contributed by atoms with Crippen molar-refractivity contribution in [2.24, 2.45) is 5.73 Å². The number of nitrogens with zero attached hydrogens (tertiary/aromatic N) is 2. The summed E-state index contributed by atoms with van der Waals surface area (Å²) in [6.45, 7) is 0.527. The van der Waals surface area contributed by atoms with Crippen LogP contribution in [0.3, 0.4) is 0 Å². The molecule has 0 bridgehead atoms. The first-order chi connectivity index (χ1) is 9.24. The fraction of sp³-hybridized carbons (Fsp3) is 0.385. The number of nitrogens with one attached hydrogen (secondary N) is 1. The second-order valence-corrected chi connectivity index (χ2v) is 5.72. The smallest absolute Gasteiger partial charge is 0.236 e. The van der Waals surface area contributed by atoms with Gasteiger partial charge in [0.2, 0.25) is 5.91 Å². The SMILES string of the molecule is NC(=O)C(Cn1ccnc1-c1cccs1)NC1CC1. The molecule has 1 atom stereocenters. The van der Waals surface area contributed by atoms with Crippen LogP contribution in [-0.2, 0) is 11.3 Å². The zero-order valence-electron chi connectivity index (χ0n) is 10.5. The number of primary amides is 1. The third-order valence-corrected chi connectivity index (χ3v) is 4.06. The van der Waals surface area contributed by atoms with Crippen molar-refractivity contribution in [2.75, 3.05) is 0 Å². The highest BCUT2D eigenvalue weighted by atomic mass is 32.1. The van der Waals surface area contributed by atoms with Gasteiger partial charge in [0.25, 0.3) is 0 Å². The van der Waals surface area contributed by atoms with Crippen molar-refractivity contribution >= 4 is 17.2 Å². The minimum absolute atomic E-state index is 0.308. The van der Waals surface area contributed by atoms with E-state index in [1.165, 1.54) is 0 Å². The number of imidazole rings is 1. The van der Waals surface area contributed by atoms with E-state index in [1.807, 2.05) is 28.3 Å². The van der Waals surface area contributed by atoms with Crippen molar-refractivity contribution in [3.8, 4) is 10.7 Å². The molecule has 1 saturated carbocycles. The minimum atomic E-state index is -0.333. The fourth-order valence-corrected chi connectivity index (χ4v) is 2.78. The van der Waals surface area contributed by atoms with Crippen LogP contribution in [0.2, 0.25) is 0 Å². The summed E-state index contributed by atoms with van der Waals surface area (Å²) < 4.78 is 1.98. The molecule has 1 fully saturated rings. The van der Waals surface area contributed by atoms with Crippen LogP contribution in [0.1, 0.15) is 12.8 Å². The van der Waals surface area contributed by atoms with Crippen molar-refractivity contribution in [3.05, 3.63) is 29.9 Å². The lowest BCUT2D eigenvalue weighted by Crippen LogP contribution is -2.45. The molecule has 1 aliphatic rings. The molecule has 1 unspecified atom stereocenters. The van der Waals surface area contributed by atoms with Gasteiger partial charge in [-0.25, -0.2) is 4.98 Å². The van der Waals surface area contributed by atoms with Crippen molar-refractivity contribution in [1.82, 2.24) is 14.9 Å². The number of rotatable bonds is 6. The number of nitrogens with two attached hydrogens (primary N) is 1. The normalized spacial score (nSPS) is 16.4. The van der Waals surface area contributed by atoms with E-state index in [0.29, 0.717) is 12.6 Å². The predicted molar refractivity (Wildman–Crippen MR) is 74.7 cm³/mol. The predicted octanol–water partition coefficient (Wildman–Crippen LogP) is 1.22. The van der Waals surface area contributed by atoms with Crippen LogP contribution in [-0.4, -0.2) is 27.5 Å². The zero-order valence-corrected chi connectivity index (χ0v) is 11.3. The monoisotopic (exact) mass is 276 g/mol. The number of aromatic nitrogens is 2. The van der Waals surface area contributed by atoms with E-state index in [9.17, 15) is 4.79 Å². The Morgan fingerprint density at radius 3 is 3.11 bits per heavy atom. The molecule has 1 amide bonds. The number of amides is 1. The Morgan fingerprint density at radius 2 is 2.47 bits per heavy atom. The molecule has 100 valence electrons. The summed E-state index contributed by atoms with van der Waals surface area (Å²) in [5, 5.41) is 5.30. The molecule has 0 radical (unpaired) electrons. The summed E-state index contributed by atoms with van der Waals surface area (Å²) in [6, 6.07) is 4.14. The summed E-state index contributed by atoms with van der Waals surface area (Å²) in [6.07, 6.45) is 5.90. The van der Waals surface area contributed by atoms with E-state index >= 15 is 0 Å². The highest BCUT2D eigenvalue weighted by molar-refractivity contribution is 7.13. The first kappa shape index (κ1) is 12.4. The van der Waals surface area contributed by atoms with E-state index in [2.05, 4.69) is 10.3 Å². The lowest BCUT2D eigenvalue weighted by Gasteiger charge is -2.16. The lowest BCUT2D eigenvalue weighted by molar-refractivity contribution is -0.120. The maximum atomic E-state index is 11.5. The number of hydrogen-bond acceptors (Lipinski definition) is 4. The van der Waals surface area contributed by atoms with Gasteiger partial charge in [0, 0.05) is 25.0 Å². The summed E-state index contributed by atoms with van der Waals surface area (Å²) in [4.78, 5) is 17.0. The molecule has 5 nitrogen and oxygen atoms in total. The van der Waals surface area contributed by atoms with Crippen molar-refractivity contribution < 1.29 is 4.79 Å². The molecule has 0 aromatic carbocycles. The molecule has 2 aromatic rings. The van der Waals surface area contributed by atoms with Gasteiger partial charge in [0.05, 0.1) is 4.88 Å². The van der Waals surface area contributed by atoms with Crippen molar-refractivity contribution in [2.45, 2.75) is 31.5 Å². The van der Waals surface area contributed by atoms with E-state index in [1.54, 1.807) is 17.5 Å². The number of carbonyl (C=O) groups excluding carboxylic acids is 1. The summed E-state index contributed by atoms with van der Waals surface area (Å²) >= 11 is 1.64. The second-order valence-electron chi connectivity index (χ2n) is 4.78. The van der Waals surface area contributed by atoms with Gasteiger partial charge in [0.1, 0.15) is 11.9 Å². The van der Waals surface area contributed by atoms with Crippen LogP contribution in [0.25, 0.3) is 10.7 Å². The first-order valence-electron chi connectivity index (χ1n) is 6.34. The second kappa shape index (κ2) is 5.14. The first-order valence-corrected chi connectivity index (χ1v) is 7.22. The Hall–Kier alpha value is -1.66. The van der Waals surface area contributed by atoms with Crippen LogP contribution in [0.5, 0.6) is 0 Å². The Kier molecular flexibility index (Phi) is 3.35. The Bertz CT molecular complexity index is 559. The fourth-order valence-electron chi connectivity index (χ4n) is 2.04. The Balaban J connectivity index is 1.78. The molecule has 3 N–H and O–H groups in total. The van der Waals surface area contributed by atoms with Gasteiger partial charge in [-0.05, 0) is 24.3 Å². The molecule has 2 heterocycles. The summed E-state index contributed by atoms with van der Waals surface area (Å²) in [5.74, 6) is 0.580. The maximum Gasteiger partial charge on any atom is 0.236 e. The molecule has 0 saturated heterocycles. The quantitative estimate of drug-likeness (QED) is 0.833. The highest BCUT2D eigenvalue weighted by Gasteiger charge is 2.27. The summed E-state index contributed by atoms with van der Waals surface area (Å²) in [7, 11) is 0. The third-order valence-electron chi connectivity index (χ3n) is 3.19. The average molecular weight is 276 g/mol. The Morgan fingerprint density at radius 1 is 1.63 bits per heavy atom. The van der Waals surface area contributed by atoms with Crippen LogP contribution < -0.4 is 11.1 Å². The molecule has 0 spiro atoms. The van der Waals surface area contributed by atoms with Gasteiger partial charge >= 0.3 is 0 Å². The molecule has 2 aromatic heterocycles. The van der Waals surface area contributed by atoms with E-state index < -0.39 is 0 Å². The standard InChI is InChI=1S/C13H16N4OS/c14-12(18)10(16-9-3-4-9)8-17-6-5-15-13(17)11-2-1-7-19-11/h1-2,5-7,9-10,16H,3-4,8H2,(H2,14,18). The van der Waals surface area contributed by atoms with E-state index in [4.69, 9.17) is 5.73 Å². The molecular formula is C13H16N4OS. The van der Waals surface area contributed by atoms with Gasteiger partial charge in [-0.1, -0.05) is 6.07 Å². The molecule has 0 aliphatic heterocycles.